The summed E-state index contributed by atoms with van der Waals surface area (Å²) in [5.41, 5.74) is 5.00. The second-order valence-corrected chi connectivity index (χ2v) is 4.69. The van der Waals surface area contributed by atoms with Crippen LogP contribution in [0, 0.1) is 5.92 Å². The molecule has 2 heteroatoms. The Kier molecular flexibility index (Phi) is 2.99. The Morgan fingerprint density at radius 1 is 1.44 bits per heavy atom. The van der Waals surface area contributed by atoms with Crippen molar-refractivity contribution >= 4 is 5.71 Å². The minimum Gasteiger partial charge on any atom is -0.238 e. The topological polar surface area (TPSA) is 15.6 Å². The summed E-state index contributed by atoms with van der Waals surface area (Å²) in [6.45, 7) is 8.68. The van der Waals surface area contributed by atoms with Gasteiger partial charge in [-0.05, 0) is 44.3 Å². The lowest BCUT2D eigenvalue weighted by Crippen LogP contribution is -2.21. The number of hydrogen-bond acceptors (Lipinski definition) is 2. The monoisotopic (exact) mass is 216 g/mol. The van der Waals surface area contributed by atoms with Crippen LogP contribution >= 0.6 is 0 Å². The molecule has 0 N–H and O–H groups in total. The number of allylic oxidation sites excluding steroid dienone is 5. The normalized spacial score (nSPS) is 25.0. The van der Waals surface area contributed by atoms with Crippen LogP contribution in [0.5, 0.6) is 0 Å². The fourth-order valence-corrected chi connectivity index (χ4v) is 2.29. The second kappa shape index (κ2) is 4.28. The largest absolute Gasteiger partial charge is 0.238 e. The van der Waals surface area contributed by atoms with Crippen LogP contribution < -0.4 is 0 Å². The molecule has 0 aliphatic carbocycles. The van der Waals surface area contributed by atoms with E-state index in [0.29, 0.717) is 5.92 Å². The Morgan fingerprint density at radius 2 is 2.19 bits per heavy atom. The predicted molar refractivity (Wildman–Crippen MR) is 68.9 cm³/mol. The standard InChI is InChI=1S/C14H20N2/c1-5-13-8-10(2)6-7-14-11(3)9-12(4)15-16(13)14/h7-10H,5-6H2,1-4H3. The van der Waals surface area contributed by atoms with Crippen molar-refractivity contribution in [1.29, 1.82) is 0 Å². The Hall–Kier alpha value is -1.31. The van der Waals surface area contributed by atoms with Gasteiger partial charge in [-0.25, -0.2) is 5.01 Å². The molecule has 2 rings (SSSR count). The molecule has 1 unspecified atom stereocenters. The molecule has 86 valence electrons. The van der Waals surface area contributed by atoms with E-state index in [1.807, 2.05) is 0 Å². The number of hydrazone groups is 1. The van der Waals surface area contributed by atoms with Crippen LogP contribution in [0.3, 0.4) is 0 Å². The van der Waals surface area contributed by atoms with E-state index in [2.05, 4.69) is 56.0 Å². The molecule has 0 aromatic heterocycles. The van der Waals surface area contributed by atoms with Crippen molar-refractivity contribution in [3.8, 4) is 0 Å². The number of rotatable bonds is 1. The minimum atomic E-state index is 0.608. The first-order valence-electron chi connectivity index (χ1n) is 6.06. The smallest absolute Gasteiger partial charge is 0.0638 e. The first kappa shape index (κ1) is 11.2. The fraction of sp³-hybridized carbons (Fsp3) is 0.500. The van der Waals surface area contributed by atoms with Gasteiger partial charge < -0.3 is 0 Å². The number of fused-ring (bicyclic) bond motifs is 1. The number of nitrogens with zero attached hydrogens (tertiary/aromatic N) is 2. The molecule has 0 saturated heterocycles. The third-order valence-corrected chi connectivity index (χ3v) is 3.11. The molecule has 0 bridgehead atoms. The molecule has 0 fully saturated rings. The summed E-state index contributed by atoms with van der Waals surface area (Å²) in [6, 6.07) is 0. The second-order valence-electron chi connectivity index (χ2n) is 4.69. The molecule has 0 saturated carbocycles. The van der Waals surface area contributed by atoms with Crippen molar-refractivity contribution in [2.45, 2.75) is 40.5 Å². The van der Waals surface area contributed by atoms with Crippen LogP contribution in [0.4, 0.5) is 0 Å². The van der Waals surface area contributed by atoms with Gasteiger partial charge in [0.25, 0.3) is 0 Å². The maximum Gasteiger partial charge on any atom is 0.0638 e. The molecule has 16 heavy (non-hydrogen) atoms. The van der Waals surface area contributed by atoms with Crippen LogP contribution in [0.1, 0.15) is 40.5 Å². The zero-order valence-corrected chi connectivity index (χ0v) is 10.6. The zero-order valence-electron chi connectivity index (χ0n) is 10.6. The predicted octanol–water partition coefficient (Wildman–Crippen LogP) is 3.84. The Bertz CT molecular complexity index is 410. The van der Waals surface area contributed by atoms with Crippen LogP contribution in [-0.2, 0) is 0 Å². The fourth-order valence-electron chi connectivity index (χ4n) is 2.29. The van der Waals surface area contributed by atoms with Crippen LogP contribution in [0.15, 0.2) is 40.3 Å². The molecule has 2 nitrogen and oxygen atoms in total. The molecule has 2 heterocycles. The lowest BCUT2D eigenvalue weighted by Gasteiger charge is -2.27. The molecular weight excluding hydrogens is 196 g/mol. The van der Waals surface area contributed by atoms with Crippen molar-refractivity contribution in [3.63, 3.8) is 0 Å². The molecule has 0 amide bonds. The van der Waals surface area contributed by atoms with E-state index in [-0.39, 0.29) is 0 Å². The summed E-state index contributed by atoms with van der Waals surface area (Å²) in [5.74, 6) is 0.608. The van der Waals surface area contributed by atoms with E-state index in [1.165, 1.54) is 17.0 Å². The summed E-state index contributed by atoms with van der Waals surface area (Å²) in [7, 11) is 0. The molecule has 0 spiro atoms. The molecule has 2 aliphatic heterocycles. The van der Waals surface area contributed by atoms with Gasteiger partial charge in [0, 0.05) is 5.70 Å². The van der Waals surface area contributed by atoms with Gasteiger partial charge in [-0.15, -0.1) is 0 Å². The van der Waals surface area contributed by atoms with Gasteiger partial charge in [0.15, 0.2) is 0 Å². The van der Waals surface area contributed by atoms with Crippen molar-refractivity contribution in [2.24, 2.45) is 11.0 Å². The number of hydrogen-bond donors (Lipinski definition) is 0. The van der Waals surface area contributed by atoms with Crippen molar-refractivity contribution in [2.75, 3.05) is 0 Å². The lowest BCUT2D eigenvalue weighted by molar-refractivity contribution is 0.443. The first-order chi connectivity index (χ1) is 7.61. The third-order valence-electron chi connectivity index (χ3n) is 3.11. The maximum absolute atomic E-state index is 4.64. The Balaban J connectivity index is 2.46. The van der Waals surface area contributed by atoms with E-state index in [9.17, 15) is 0 Å². The van der Waals surface area contributed by atoms with Gasteiger partial charge in [0.05, 0.1) is 11.4 Å². The molecule has 1 atom stereocenters. The van der Waals surface area contributed by atoms with E-state index in [1.54, 1.807) is 0 Å². The minimum absolute atomic E-state index is 0.608. The summed E-state index contributed by atoms with van der Waals surface area (Å²) in [5, 5.41) is 6.76. The van der Waals surface area contributed by atoms with Crippen molar-refractivity contribution in [3.05, 3.63) is 35.2 Å². The Labute approximate surface area is 98.0 Å². The third kappa shape index (κ3) is 1.97. The van der Waals surface area contributed by atoms with Gasteiger partial charge in [-0.3, -0.25) is 0 Å². The van der Waals surface area contributed by atoms with Gasteiger partial charge >= 0.3 is 0 Å². The van der Waals surface area contributed by atoms with Gasteiger partial charge in [-0.1, -0.05) is 26.0 Å². The average molecular weight is 216 g/mol. The summed E-state index contributed by atoms with van der Waals surface area (Å²) in [4.78, 5) is 0. The average Bonchev–Trinajstić information content (AvgIpc) is 2.38. The van der Waals surface area contributed by atoms with Crippen molar-refractivity contribution < 1.29 is 0 Å². The lowest BCUT2D eigenvalue weighted by atomic mass is 10.1. The highest BCUT2D eigenvalue weighted by Crippen LogP contribution is 2.31. The summed E-state index contributed by atoms with van der Waals surface area (Å²) in [6.07, 6.45) is 8.96. The molecular formula is C14H20N2. The van der Waals surface area contributed by atoms with Crippen LogP contribution in [-0.4, -0.2) is 10.7 Å². The first-order valence-corrected chi connectivity index (χ1v) is 6.06. The van der Waals surface area contributed by atoms with E-state index in [0.717, 1.165) is 18.6 Å². The molecule has 2 aliphatic rings. The van der Waals surface area contributed by atoms with Gasteiger partial charge in [0.2, 0.25) is 0 Å². The van der Waals surface area contributed by atoms with Gasteiger partial charge in [-0.2, -0.15) is 5.10 Å². The highest BCUT2D eigenvalue weighted by molar-refractivity contribution is 5.94. The van der Waals surface area contributed by atoms with Crippen molar-refractivity contribution in [1.82, 2.24) is 5.01 Å². The Morgan fingerprint density at radius 3 is 2.88 bits per heavy atom. The molecule has 0 aromatic rings. The van der Waals surface area contributed by atoms with E-state index < -0.39 is 0 Å². The van der Waals surface area contributed by atoms with Crippen LogP contribution in [0.25, 0.3) is 0 Å². The van der Waals surface area contributed by atoms with Crippen LogP contribution in [0.2, 0.25) is 0 Å². The van der Waals surface area contributed by atoms with E-state index >= 15 is 0 Å². The quantitative estimate of drug-likeness (QED) is 0.650. The molecule has 0 radical (unpaired) electrons. The zero-order chi connectivity index (χ0) is 11.7. The highest BCUT2D eigenvalue weighted by Gasteiger charge is 2.21. The summed E-state index contributed by atoms with van der Waals surface area (Å²) < 4.78 is 0. The SMILES string of the molecule is CCC1=CC(C)CC=C2C(C)=CC(C)=NN12. The maximum atomic E-state index is 4.64. The van der Waals surface area contributed by atoms with Gasteiger partial charge in [0.1, 0.15) is 0 Å². The summed E-state index contributed by atoms with van der Waals surface area (Å²) >= 11 is 0. The molecule has 0 aromatic carbocycles. The highest BCUT2D eigenvalue weighted by atomic mass is 15.5. The van der Waals surface area contributed by atoms with E-state index in [4.69, 9.17) is 0 Å².